The minimum absolute atomic E-state index is 0.213. The maximum absolute atomic E-state index is 10.5. The first-order valence-electron chi connectivity index (χ1n) is 2.88. The van der Waals surface area contributed by atoms with Gasteiger partial charge in [-0.15, -0.1) is 0 Å². The zero-order valence-electron chi connectivity index (χ0n) is 5.83. The van der Waals surface area contributed by atoms with Crippen molar-refractivity contribution < 1.29 is 18.4 Å². The van der Waals surface area contributed by atoms with E-state index in [1.165, 1.54) is 6.08 Å². The van der Waals surface area contributed by atoms with Crippen molar-refractivity contribution in [2.45, 2.75) is 6.92 Å². The first-order valence-corrected chi connectivity index (χ1v) is 4.10. The molecule has 0 saturated heterocycles. The minimum Gasteiger partial charge on any atom is -0.491 e. The lowest BCUT2D eigenvalue weighted by molar-refractivity contribution is -0.224. The molecule has 0 aromatic rings. The van der Waals surface area contributed by atoms with Crippen LogP contribution in [0.15, 0.2) is 12.7 Å². The van der Waals surface area contributed by atoms with Crippen LogP contribution in [0, 0.1) is 0 Å². The van der Waals surface area contributed by atoms with Crippen molar-refractivity contribution in [2.24, 2.45) is 0 Å². The molecule has 0 bridgehead atoms. The highest BCUT2D eigenvalue weighted by atomic mass is 28.3. The second-order valence-corrected chi connectivity index (χ2v) is 2.29. The molecule has 0 spiro atoms. The van der Waals surface area contributed by atoms with Crippen LogP contribution in [0.1, 0.15) is 6.92 Å². The van der Waals surface area contributed by atoms with E-state index in [9.17, 15) is 4.46 Å². The van der Waals surface area contributed by atoms with Crippen LogP contribution in [0.25, 0.3) is 0 Å². The Morgan fingerprint density at radius 3 is 2.90 bits per heavy atom. The summed E-state index contributed by atoms with van der Waals surface area (Å²) < 4.78 is 19.4. The summed E-state index contributed by atoms with van der Waals surface area (Å²) in [5, 5.41) is 0. The minimum atomic E-state index is -2.46. The Kier molecular flexibility index (Phi) is 6.00. The third kappa shape index (κ3) is 5.45. The lowest BCUT2D eigenvalue weighted by atomic mass is 10.7. The van der Waals surface area contributed by atoms with E-state index in [2.05, 4.69) is 20.5 Å². The molecule has 0 saturated carbocycles. The molecule has 0 rings (SSSR count). The Bertz CT molecular complexity index is 114. The average molecular weight is 162 g/mol. The molecular formula is C5H10O4Si. The predicted molar refractivity (Wildman–Crippen MR) is 35.3 cm³/mol. The summed E-state index contributed by atoms with van der Waals surface area (Å²) in [6.07, 6.45) is 1.48. The van der Waals surface area contributed by atoms with Crippen molar-refractivity contribution in [3.8, 4) is 0 Å². The molecule has 0 aliphatic heterocycles. The maximum atomic E-state index is 10.5. The lowest BCUT2D eigenvalue weighted by Gasteiger charge is -1.99. The largest absolute Gasteiger partial charge is 0.801 e. The summed E-state index contributed by atoms with van der Waals surface area (Å²) in [5.74, 6) is 0. The molecule has 0 aliphatic rings. The molecule has 0 N–H and O–H groups in total. The molecule has 5 heteroatoms. The van der Waals surface area contributed by atoms with E-state index >= 15 is 0 Å². The van der Waals surface area contributed by atoms with E-state index in [1.54, 1.807) is 6.92 Å². The van der Waals surface area contributed by atoms with Crippen molar-refractivity contribution in [2.75, 3.05) is 13.2 Å². The van der Waals surface area contributed by atoms with Gasteiger partial charge in [0.2, 0.25) is 0 Å². The second-order valence-electron chi connectivity index (χ2n) is 1.34. The molecule has 10 heavy (non-hydrogen) atoms. The van der Waals surface area contributed by atoms with Gasteiger partial charge < -0.3 is 9.00 Å². The van der Waals surface area contributed by atoms with Crippen LogP contribution < -0.4 is 0 Å². The average Bonchev–Trinajstić information content (AvgIpc) is 1.97. The summed E-state index contributed by atoms with van der Waals surface area (Å²) >= 11 is 0. The highest BCUT2D eigenvalue weighted by Gasteiger charge is 2.09. The molecule has 0 radical (unpaired) electrons. The van der Waals surface area contributed by atoms with E-state index < -0.39 is 9.17 Å². The molecule has 0 atom stereocenters. The number of rotatable bonds is 6. The van der Waals surface area contributed by atoms with Gasteiger partial charge in [-0.1, -0.05) is 12.7 Å². The molecule has 0 aromatic heterocycles. The van der Waals surface area contributed by atoms with Gasteiger partial charge in [-0.3, -0.25) is 4.46 Å². The molecular weight excluding hydrogens is 152 g/mol. The smallest absolute Gasteiger partial charge is 0.491 e. The topological polar surface area (TPSA) is 44.8 Å². The summed E-state index contributed by atoms with van der Waals surface area (Å²) in [6, 6.07) is 0. The molecule has 0 amide bonds. The van der Waals surface area contributed by atoms with Gasteiger partial charge in [0, 0.05) is 0 Å². The Morgan fingerprint density at radius 2 is 2.40 bits per heavy atom. The van der Waals surface area contributed by atoms with Crippen LogP contribution in [0.3, 0.4) is 0 Å². The monoisotopic (exact) mass is 162 g/mol. The molecule has 0 heterocycles. The van der Waals surface area contributed by atoms with E-state index in [4.69, 9.17) is 0 Å². The Morgan fingerprint density at radius 1 is 1.70 bits per heavy atom. The van der Waals surface area contributed by atoms with Gasteiger partial charge in [0.1, 0.15) is 0 Å². The fraction of sp³-hybridized carbons (Fsp3) is 0.600. The number of hydrogen-bond donors (Lipinski definition) is 0. The van der Waals surface area contributed by atoms with Crippen molar-refractivity contribution in [3.63, 3.8) is 0 Å². The van der Waals surface area contributed by atoms with Crippen molar-refractivity contribution in [1.82, 2.24) is 0 Å². The van der Waals surface area contributed by atoms with Crippen molar-refractivity contribution >= 4 is 9.17 Å². The molecule has 0 unspecified atom stereocenters. The SMILES string of the molecule is C=CCO[Si](=O)OOCC. The third-order valence-corrected chi connectivity index (χ3v) is 1.22. The first kappa shape index (κ1) is 9.32. The third-order valence-electron chi connectivity index (χ3n) is 0.564. The first-order chi connectivity index (χ1) is 4.81. The molecule has 0 fully saturated rings. The fourth-order valence-corrected chi connectivity index (χ4v) is 0.774. The van der Waals surface area contributed by atoms with Crippen LogP contribution in [0.2, 0.25) is 0 Å². The van der Waals surface area contributed by atoms with E-state index in [0.29, 0.717) is 6.61 Å². The van der Waals surface area contributed by atoms with Gasteiger partial charge in [-0.25, -0.2) is 0 Å². The molecule has 0 aliphatic carbocycles. The Labute approximate surface area is 61.2 Å². The van der Waals surface area contributed by atoms with E-state index in [-0.39, 0.29) is 6.61 Å². The molecule has 58 valence electrons. The van der Waals surface area contributed by atoms with Gasteiger partial charge in [-0.05, 0) is 6.92 Å². The highest BCUT2D eigenvalue weighted by molar-refractivity contribution is 6.25. The van der Waals surface area contributed by atoms with E-state index in [0.717, 1.165) is 0 Å². The van der Waals surface area contributed by atoms with Crippen LogP contribution in [-0.2, 0) is 18.4 Å². The van der Waals surface area contributed by atoms with Crippen molar-refractivity contribution in [3.05, 3.63) is 12.7 Å². The predicted octanol–water partition coefficient (Wildman–Crippen LogP) is 0.572. The van der Waals surface area contributed by atoms with E-state index in [1.807, 2.05) is 0 Å². The summed E-state index contributed by atoms with van der Waals surface area (Å²) in [6.45, 7) is 5.66. The maximum Gasteiger partial charge on any atom is 0.801 e. The van der Waals surface area contributed by atoms with Crippen LogP contribution >= 0.6 is 0 Å². The summed E-state index contributed by atoms with van der Waals surface area (Å²) in [4.78, 5) is 4.37. The van der Waals surface area contributed by atoms with Gasteiger partial charge >= 0.3 is 9.17 Å². The zero-order chi connectivity index (χ0) is 7.82. The van der Waals surface area contributed by atoms with Gasteiger partial charge in [0.05, 0.1) is 13.2 Å². The normalized spacial score (nSPS) is 8.50. The number of hydrogen-bond acceptors (Lipinski definition) is 4. The standard InChI is InChI=1S/C5H10O4Si/c1-3-5-8-10(6)9-7-4-2/h3H,1,4-5H2,2H3. The highest BCUT2D eigenvalue weighted by Crippen LogP contribution is 1.81. The fourth-order valence-electron chi connectivity index (χ4n) is 0.258. The molecule has 0 aromatic carbocycles. The van der Waals surface area contributed by atoms with Crippen LogP contribution in [0.5, 0.6) is 0 Å². The summed E-state index contributed by atoms with van der Waals surface area (Å²) in [5.41, 5.74) is 0. The molecule has 4 nitrogen and oxygen atoms in total. The summed E-state index contributed by atoms with van der Waals surface area (Å²) in [7, 11) is -2.46. The lowest BCUT2D eigenvalue weighted by Crippen LogP contribution is -2.12. The van der Waals surface area contributed by atoms with Crippen LogP contribution in [-0.4, -0.2) is 22.4 Å². The second kappa shape index (κ2) is 6.44. The van der Waals surface area contributed by atoms with Gasteiger partial charge in [0.15, 0.2) is 0 Å². The quantitative estimate of drug-likeness (QED) is 0.248. The Balaban J connectivity index is 3.16. The van der Waals surface area contributed by atoms with Gasteiger partial charge in [0.25, 0.3) is 0 Å². The van der Waals surface area contributed by atoms with Crippen LogP contribution in [0.4, 0.5) is 0 Å². The van der Waals surface area contributed by atoms with Gasteiger partial charge in [-0.2, -0.15) is 4.89 Å². The zero-order valence-corrected chi connectivity index (χ0v) is 6.83. The Hall–Kier alpha value is -0.683. The van der Waals surface area contributed by atoms with Crippen molar-refractivity contribution in [1.29, 1.82) is 0 Å².